The molecule has 0 bridgehead atoms. The van der Waals surface area contributed by atoms with E-state index in [1.54, 1.807) is 0 Å². The van der Waals surface area contributed by atoms with Gasteiger partial charge in [0, 0.05) is 12.1 Å². The second-order valence-corrected chi connectivity index (χ2v) is 5.25. The zero-order chi connectivity index (χ0) is 11.8. The lowest BCUT2D eigenvalue weighted by molar-refractivity contribution is -0.124. The first-order chi connectivity index (χ1) is 7.47. The molecule has 1 heterocycles. The molecule has 2 rings (SSSR count). The fourth-order valence-corrected chi connectivity index (χ4v) is 1.97. The van der Waals surface area contributed by atoms with Crippen molar-refractivity contribution in [3.63, 3.8) is 0 Å². The van der Waals surface area contributed by atoms with Crippen LogP contribution in [0, 0.1) is 0 Å². The molecule has 0 saturated heterocycles. The average molecular weight is 218 g/mol. The molecule has 1 aromatic carbocycles. The number of amides is 1. The maximum Gasteiger partial charge on any atom is 0.242 e. The van der Waals surface area contributed by atoms with E-state index >= 15 is 0 Å². The Morgan fingerprint density at radius 3 is 2.75 bits per heavy atom. The van der Waals surface area contributed by atoms with Gasteiger partial charge in [-0.1, -0.05) is 24.3 Å². The lowest BCUT2D eigenvalue weighted by Gasteiger charge is -2.23. The normalized spacial score (nSPS) is 19.3. The topological polar surface area (TPSA) is 41.1 Å². The van der Waals surface area contributed by atoms with Crippen LogP contribution in [-0.4, -0.2) is 11.4 Å². The fourth-order valence-electron chi connectivity index (χ4n) is 1.97. The Kier molecular flexibility index (Phi) is 2.72. The Labute approximate surface area is 96.2 Å². The maximum absolute atomic E-state index is 12.1. The lowest BCUT2D eigenvalue weighted by atomic mass is 10.0. The van der Waals surface area contributed by atoms with Crippen molar-refractivity contribution in [2.24, 2.45) is 0 Å². The summed E-state index contributed by atoms with van der Waals surface area (Å²) < 4.78 is 0. The van der Waals surface area contributed by atoms with E-state index in [4.69, 9.17) is 0 Å². The van der Waals surface area contributed by atoms with Gasteiger partial charge in [-0.05, 0) is 31.9 Å². The molecule has 2 N–H and O–H groups in total. The summed E-state index contributed by atoms with van der Waals surface area (Å²) in [6.07, 6.45) is 0. The molecule has 0 fully saturated rings. The molecule has 3 heteroatoms. The number of benzene rings is 1. The molecule has 0 saturated carbocycles. The van der Waals surface area contributed by atoms with Gasteiger partial charge < -0.3 is 5.32 Å². The van der Waals surface area contributed by atoms with Crippen LogP contribution < -0.4 is 10.6 Å². The Morgan fingerprint density at radius 2 is 2.06 bits per heavy atom. The van der Waals surface area contributed by atoms with Crippen LogP contribution in [0.4, 0.5) is 0 Å². The van der Waals surface area contributed by atoms with Gasteiger partial charge in [-0.3, -0.25) is 10.1 Å². The number of carbonyl (C=O) groups excluding carboxylic acids is 1. The van der Waals surface area contributed by atoms with Crippen molar-refractivity contribution in [1.82, 2.24) is 10.6 Å². The summed E-state index contributed by atoms with van der Waals surface area (Å²) in [6, 6.07) is 7.86. The van der Waals surface area contributed by atoms with Crippen molar-refractivity contribution in [2.45, 2.75) is 38.9 Å². The average Bonchev–Trinajstić information content (AvgIpc) is 2.58. The number of hydrogen-bond donors (Lipinski definition) is 2. The van der Waals surface area contributed by atoms with E-state index in [2.05, 4.69) is 16.7 Å². The number of fused-ring (bicyclic) bond motifs is 1. The molecule has 0 aliphatic carbocycles. The highest BCUT2D eigenvalue weighted by Gasteiger charge is 2.29. The SMILES string of the molecule is CC(C)(C)NC(=O)C1NCc2ccccc21. The largest absolute Gasteiger partial charge is 0.350 e. The maximum atomic E-state index is 12.1. The minimum absolute atomic E-state index is 0.0532. The number of rotatable bonds is 1. The van der Waals surface area contributed by atoms with Crippen LogP contribution in [0.25, 0.3) is 0 Å². The zero-order valence-electron chi connectivity index (χ0n) is 10.0. The van der Waals surface area contributed by atoms with Crippen molar-refractivity contribution in [1.29, 1.82) is 0 Å². The highest BCUT2D eigenvalue weighted by molar-refractivity contribution is 5.84. The van der Waals surface area contributed by atoms with Gasteiger partial charge in [0.2, 0.25) is 5.91 Å². The Hall–Kier alpha value is -1.35. The van der Waals surface area contributed by atoms with Crippen LogP contribution in [0.3, 0.4) is 0 Å². The summed E-state index contributed by atoms with van der Waals surface area (Å²) >= 11 is 0. The second kappa shape index (κ2) is 3.91. The third-order valence-electron chi connectivity index (χ3n) is 2.62. The van der Waals surface area contributed by atoms with Crippen molar-refractivity contribution >= 4 is 5.91 Å². The molecule has 1 aliphatic rings. The van der Waals surface area contributed by atoms with Gasteiger partial charge in [-0.15, -0.1) is 0 Å². The molecular weight excluding hydrogens is 200 g/mol. The predicted octanol–water partition coefficient (Wildman–Crippen LogP) is 1.75. The monoisotopic (exact) mass is 218 g/mol. The highest BCUT2D eigenvalue weighted by atomic mass is 16.2. The van der Waals surface area contributed by atoms with Crippen LogP contribution in [0.2, 0.25) is 0 Å². The Balaban J connectivity index is 2.16. The third kappa shape index (κ3) is 2.25. The minimum atomic E-state index is -0.199. The van der Waals surface area contributed by atoms with E-state index in [-0.39, 0.29) is 17.5 Å². The minimum Gasteiger partial charge on any atom is -0.350 e. The summed E-state index contributed by atoms with van der Waals surface area (Å²) in [7, 11) is 0. The summed E-state index contributed by atoms with van der Waals surface area (Å²) in [6.45, 7) is 6.75. The Bertz CT molecular complexity index is 407. The Morgan fingerprint density at radius 1 is 1.38 bits per heavy atom. The molecule has 16 heavy (non-hydrogen) atoms. The molecule has 3 nitrogen and oxygen atoms in total. The number of hydrogen-bond acceptors (Lipinski definition) is 2. The standard InChI is InChI=1S/C13H18N2O/c1-13(2,3)15-12(16)11-10-7-5-4-6-9(10)8-14-11/h4-7,11,14H,8H2,1-3H3,(H,15,16). The molecule has 1 amide bonds. The van der Waals surface area contributed by atoms with Gasteiger partial charge in [-0.25, -0.2) is 0 Å². The first-order valence-corrected chi connectivity index (χ1v) is 5.60. The molecule has 0 aromatic heterocycles. The van der Waals surface area contributed by atoms with Crippen LogP contribution >= 0.6 is 0 Å². The first kappa shape index (κ1) is 11.1. The van der Waals surface area contributed by atoms with Crippen LogP contribution in [-0.2, 0) is 11.3 Å². The van der Waals surface area contributed by atoms with E-state index in [1.807, 2.05) is 39.0 Å². The fraction of sp³-hybridized carbons (Fsp3) is 0.462. The van der Waals surface area contributed by atoms with E-state index in [0.717, 1.165) is 12.1 Å². The van der Waals surface area contributed by atoms with Crippen LogP contribution in [0.15, 0.2) is 24.3 Å². The molecule has 1 aliphatic heterocycles. The highest BCUT2D eigenvalue weighted by Crippen LogP contribution is 2.25. The molecule has 0 spiro atoms. The van der Waals surface area contributed by atoms with E-state index in [0.29, 0.717) is 0 Å². The predicted molar refractivity (Wildman–Crippen MR) is 63.9 cm³/mol. The van der Waals surface area contributed by atoms with Crippen molar-refractivity contribution in [2.75, 3.05) is 0 Å². The molecule has 86 valence electrons. The molecular formula is C13H18N2O. The zero-order valence-corrected chi connectivity index (χ0v) is 10.0. The summed E-state index contributed by atoms with van der Waals surface area (Å²) in [5.41, 5.74) is 2.14. The van der Waals surface area contributed by atoms with Crippen molar-refractivity contribution in [3.8, 4) is 0 Å². The second-order valence-electron chi connectivity index (χ2n) is 5.25. The number of nitrogens with one attached hydrogen (secondary N) is 2. The quantitative estimate of drug-likeness (QED) is 0.754. The van der Waals surface area contributed by atoms with Crippen LogP contribution in [0.5, 0.6) is 0 Å². The van der Waals surface area contributed by atoms with E-state index in [9.17, 15) is 4.79 Å². The molecule has 0 radical (unpaired) electrons. The number of carbonyl (C=O) groups is 1. The van der Waals surface area contributed by atoms with Crippen molar-refractivity contribution in [3.05, 3.63) is 35.4 Å². The molecule has 1 atom stereocenters. The summed E-state index contributed by atoms with van der Waals surface area (Å²) in [5, 5.41) is 6.23. The molecule has 1 unspecified atom stereocenters. The lowest BCUT2D eigenvalue weighted by Crippen LogP contribution is -2.45. The third-order valence-corrected chi connectivity index (χ3v) is 2.62. The van der Waals surface area contributed by atoms with Gasteiger partial charge in [-0.2, -0.15) is 0 Å². The first-order valence-electron chi connectivity index (χ1n) is 5.60. The van der Waals surface area contributed by atoms with Gasteiger partial charge in [0.15, 0.2) is 0 Å². The molecule has 1 aromatic rings. The smallest absolute Gasteiger partial charge is 0.242 e. The van der Waals surface area contributed by atoms with E-state index in [1.165, 1.54) is 5.56 Å². The van der Waals surface area contributed by atoms with Crippen molar-refractivity contribution < 1.29 is 4.79 Å². The van der Waals surface area contributed by atoms with Gasteiger partial charge in [0.1, 0.15) is 6.04 Å². The van der Waals surface area contributed by atoms with Gasteiger partial charge >= 0.3 is 0 Å². The van der Waals surface area contributed by atoms with Gasteiger partial charge in [0.25, 0.3) is 0 Å². The van der Waals surface area contributed by atoms with Crippen LogP contribution in [0.1, 0.15) is 37.9 Å². The summed E-state index contributed by atoms with van der Waals surface area (Å²) in [5.74, 6) is 0.0532. The van der Waals surface area contributed by atoms with E-state index < -0.39 is 0 Å². The summed E-state index contributed by atoms with van der Waals surface area (Å²) in [4.78, 5) is 12.1. The van der Waals surface area contributed by atoms with Gasteiger partial charge in [0.05, 0.1) is 0 Å².